The fourth-order valence-corrected chi connectivity index (χ4v) is 2.82. The Labute approximate surface area is 113 Å². The van der Waals surface area contributed by atoms with Crippen LogP contribution in [-0.2, 0) is 0 Å². The minimum atomic E-state index is 0.469. The molecule has 1 fully saturated rings. The Balaban J connectivity index is 1.68. The second-order valence-corrected chi connectivity index (χ2v) is 5.59. The third-order valence-electron chi connectivity index (χ3n) is 4.05. The van der Waals surface area contributed by atoms with E-state index in [1.165, 1.54) is 18.4 Å². The Morgan fingerprint density at radius 1 is 1.32 bits per heavy atom. The zero-order valence-electron chi connectivity index (χ0n) is 11.4. The largest absolute Gasteiger partial charge is 0.424 e. The predicted octanol–water partition coefficient (Wildman–Crippen LogP) is 3.07. The molecule has 102 valence electrons. The van der Waals surface area contributed by atoms with Crippen LogP contribution in [0.2, 0.25) is 0 Å². The standard InChI is InChI=1S/C15H21N3O/c1-10-2-7-14-13(8-10)18-15(19-14)17-12-5-3-11(9-16)4-6-12/h2,7-8,11-12H,3-6,9,16H2,1H3,(H,17,18)/t11-,12-. The lowest BCUT2D eigenvalue weighted by Gasteiger charge is -2.27. The molecule has 0 radical (unpaired) electrons. The van der Waals surface area contributed by atoms with Gasteiger partial charge >= 0.3 is 0 Å². The van der Waals surface area contributed by atoms with E-state index in [9.17, 15) is 0 Å². The predicted molar refractivity (Wildman–Crippen MR) is 77.2 cm³/mol. The van der Waals surface area contributed by atoms with E-state index >= 15 is 0 Å². The van der Waals surface area contributed by atoms with Crippen molar-refractivity contribution in [1.82, 2.24) is 4.98 Å². The molecule has 1 heterocycles. The van der Waals surface area contributed by atoms with Crippen molar-refractivity contribution in [2.24, 2.45) is 11.7 Å². The molecule has 19 heavy (non-hydrogen) atoms. The number of fused-ring (bicyclic) bond motifs is 1. The molecule has 0 spiro atoms. The van der Waals surface area contributed by atoms with Gasteiger partial charge in [0.05, 0.1) is 0 Å². The molecule has 0 unspecified atom stereocenters. The van der Waals surface area contributed by atoms with Crippen molar-refractivity contribution < 1.29 is 4.42 Å². The number of hydrogen-bond donors (Lipinski definition) is 2. The number of benzene rings is 1. The number of nitrogens with one attached hydrogen (secondary N) is 1. The number of hydrogen-bond acceptors (Lipinski definition) is 4. The van der Waals surface area contributed by atoms with E-state index < -0.39 is 0 Å². The van der Waals surface area contributed by atoms with Crippen LogP contribution in [0.4, 0.5) is 6.01 Å². The summed E-state index contributed by atoms with van der Waals surface area (Å²) < 4.78 is 5.73. The van der Waals surface area contributed by atoms with Crippen molar-refractivity contribution in [1.29, 1.82) is 0 Å². The number of anilines is 1. The highest BCUT2D eigenvalue weighted by atomic mass is 16.4. The lowest BCUT2D eigenvalue weighted by Crippen LogP contribution is -2.29. The van der Waals surface area contributed by atoms with Gasteiger partial charge in [0, 0.05) is 6.04 Å². The van der Waals surface area contributed by atoms with Gasteiger partial charge in [-0.15, -0.1) is 0 Å². The summed E-state index contributed by atoms with van der Waals surface area (Å²) in [5.74, 6) is 0.698. The van der Waals surface area contributed by atoms with Gasteiger partial charge in [-0.25, -0.2) is 0 Å². The van der Waals surface area contributed by atoms with Crippen LogP contribution in [-0.4, -0.2) is 17.6 Å². The highest BCUT2D eigenvalue weighted by Gasteiger charge is 2.21. The van der Waals surface area contributed by atoms with Gasteiger partial charge in [-0.3, -0.25) is 0 Å². The van der Waals surface area contributed by atoms with Crippen molar-refractivity contribution in [3.8, 4) is 0 Å². The summed E-state index contributed by atoms with van der Waals surface area (Å²) in [7, 11) is 0. The maximum Gasteiger partial charge on any atom is 0.295 e. The van der Waals surface area contributed by atoms with E-state index in [4.69, 9.17) is 10.2 Å². The zero-order valence-corrected chi connectivity index (χ0v) is 11.4. The second kappa shape index (κ2) is 5.21. The first-order chi connectivity index (χ1) is 9.24. The van der Waals surface area contributed by atoms with Gasteiger partial charge in [0.2, 0.25) is 0 Å². The van der Waals surface area contributed by atoms with Crippen molar-refractivity contribution >= 4 is 17.1 Å². The highest BCUT2D eigenvalue weighted by molar-refractivity contribution is 5.75. The van der Waals surface area contributed by atoms with Gasteiger partial charge < -0.3 is 15.5 Å². The molecule has 1 aliphatic rings. The molecule has 4 heteroatoms. The van der Waals surface area contributed by atoms with Crippen LogP contribution in [0.25, 0.3) is 11.1 Å². The second-order valence-electron chi connectivity index (χ2n) is 5.59. The average Bonchev–Trinajstić information content (AvgIpc) is 2.81. The summed E-state index contributed by atoms with van der Waals surface area (Å²) in [6, 6.07) is 7.20. The number of aromatic nitrogens is 1. The lowest BCUT2D eigenvalue weighted by molar-refractivity contribution is 0.341. The highest BCUT2D eigenvalue weighted by Crippen LogP contribution is 2.27. The van der Waals surface area contributed by atoms with Crippen molar-refractivity contribution in [2.75, 3.05) is 11.9 Å². The Bertz CT molecular complexity index is 556. The SMILES string of the molecule is Cc1ccc2oc(N[C@H]3CC[C@H](CN)CC3)nc2c1. The minimum Gasteiger partial charge on any atom is -0.424 e. The molecule has 3 N–H and O–H groups in total. The maximum absolute atomic E-state index is 5.73. The van der Waals surface area contributed by atoms with E-state index in [2.05, 4.69) is 23.3 Å². The lowest BCUT2D eigenvalue weighted by atomic mass is 9.86. The Kier molecular flexibility index (Phi) is 3.42. The van der Waals surface area contributed by atoms with Gasteiger partial charge in [0.25, 0.3) is 6.01 Å². The molecule has 1 aromatic heterocycles. The first-order valence-electron chi connectivity index (χ1n) is 7.08. The zero-order chi connectivity index (χ0) is 13.2. The molecule has 0 atom stereocenters. The van der Waals surface area contributed by atoms with Gasteiger partial charge in [0.1, 0.15) is 5.52 Å². The quantitative estimate of drug-likeness (QED) is 0.889. The summed E-state index contributed by atoms with van der Waals surface area (Å²) >= 11 is 0. The fourth-order valence-electron chi connectivity index (χ4n) is 2.82. The van der Waals surface area contributed by atoms with Crippen LogP contribution >= 0.6 is 0 Å². The number of nitrogens with two attached hydrogens (primary N) is 1. The number of oxazole rings is 1. The monoisotopic (exact) mass is 259 g/mol. The molecule has 1 saturated carbocycles. The number of rotatable bonds is 3. The van der Waals surface area contributed by atoms with Gasteiger partial charge in [-0.2, -0.15) is 4.98 Å². The maximum atomic E-state index is 5.73. The van der Waals surface area contributed by atoms with E-state index in [1.807, 2.05) is 12.1 Å². The van der Waals surface area contributed by atoms with Crippen LogP contribution in [0.5, 0.6) is 0 Å². The first-order valence-corrected chi connectivity index (χ1v) is 7.08. The molecule has 3 rings (SSSR count). The smallest absolute Gasteiger partial charge is 0.295 e. The molecular weight excluding hydrogens is 238 g/mol. The van der Waals surface area contributed by atoms with E-state index in [1.54, 1.807) is 0 Å². The Morgan fingerprint density at radius 2 is 2.11 bits per heavy atom. The van der Waals surface area contributed by atoms with Crippen molar-refractivity contribution in [3.63, 3.8) is 0 Å². The van der Waals surface area contributed by atoms with E-state index in [-0.39, 0.29) is 0 Å². The summed E-state index contributed by atoms with van der Waals surface area (Å²) in [5.41, 5.74) is 8.70. The van der Waals surface area contributed by atoms with E-state index in [0.717, 1.165) is 30.5 Å². The van der Waals surface area contributed by atoms with Gasteiger partial charge in [0.15, 0.2) is 5.58 Å². The van der Waals surface area contributed by atoms with Gasteiger partial charge in [-0.1, -0.05) is 6.07 Å². The molecule has 4 nitrogen and oxygen atoms in total. The van der Waals surface area contributed by atoms with Crippen LogP contribution in [0.1, 0.15) is 31.2 Å². The molecule has 0 aliphatic heterocycles. The summed E-state index contributed by atoms with van der Waals surface area (Å²) in [6.45, 7) is 2.88. The number of nitrogens with zero attached hydrogens (tertiary/aromatic N) is 1. The topological polar surface area (TPSA) is 64.1 Å². The summed E-state index contributed by atoms with van der Waals surface area (Å²) in [4.78, 5) is 4.50. The molecule has 2 aromatic rings. The molecule has 1 aromatic carbocycles. The van der Waals surface area contributed by atoms with E-state index in [0.29, 0.717) is 18.0 Å². The molecule has 1 aliphatic carbocycles. The first kappa shape index (κ1) is 12.5. The van der Waals surface area contributed by atoms with Crippen LogP contribution in [0.3, 0.4) is 0 Å². The van der Waals surface area contributed by atoms with Crippen molar-refractivity contribution in [2.45, 2.75) is 38.6 Å². The fraction of sp³-hybridized carbons (Fsp3) is 0.533. The van der Waals surface area contributed by atoms with Crippen LogP contribution in [0, 0.1) is 12.8 Å². The molecular formula is C15H21N3O. The number of aryl methyl sites for hydroxylation is 1. The molecule has 0 bridgehead atoms. The molecule has 0 saturated heterocycles. The Morgan fingerprint density at radius 3 is 2.84 bits per heavy atom. The normalized spacial score (nSPS) is 23.7. The van der Waals surface area contributed by atoms with Crippen LogP contribution < -0.4 is 11.1 Å². The van der Waals surface area contributed by atoms with Crippen LogP contribution in [0.15, 0.2) is 22.6 Å². The van der Waals surface area contributed by atoms with Gasteiger partial charge in [-0.05, 0) is 62.8 Å². The Hall–Kier alpha value is -1.55. The third kappa shape index (κ3) is 2.73. The minimum absolute atomic E-state index is 0.469. The summed E-state index contributed by atoms with van der Waals surface area (Å²) in [6.07, 6.45) is 4.71. The summed E-state index contributed by atoms with van der Waals surface area (Å²) in [5, 5.41) is 3.42. The average molecular weight is 259 g/mol. The molecule has 0 amide bonds. The third-order valence-corrected chi connectivity index (χ3v) is 4.05. The van der Waals surface area contributed by atoms with Crippen molar-refractivity contribution in [3.05, 3.63) is 23.8 Å².